The number of guanidine groups is 1. The fraction of sp³-hybridized carbons (Fsp3) is 0.824. The van der Waals surface area contributed by atoms with Crippen LogP contribution in [0.5, 0.6) is 0 Å². The number of hydrogen-bond donors (Lipinski definition) is 2. The van der Waals surface area contributed by atoms with Gasteiger partial charge >= 0.3 is 0 Å². The van der Waals surface area contributed by atoms with Crippen LogP contribution in [0.25, 0.3) is 0 Å². The zero-order chi connectivity index (χ0) is 18.7. The van der Waals surface area contributed by atoms with Crippen molar-refractivity contribution in [3.8, 4) is 0 Å². The van der Waals surface area contributed by atoms with Crippen LogP contribution in [0.2, 0.25) is 0 Å². The Balaban J connectivity index is 2.06. The molecule has 0 amide bonds. The zero-order valence-corrected chi connectivity index (χ0v) is 16.5. The Morgan fingerprint density at radius 2 is 2.04 bits per heavy atom. The molecule has 2 unspecified atom stereocenters. The largest absolute Gasteiger partial charge is 0.383 e. The SMILES string of the molecule is COCCNC(=NCc1nnc(C)n1C)NC1CC(C)(OC)C1(C)C. The van der Waals surface area contributed by atoms with Crippen LogP contribution >= 0.6 is 0 Å². The van der Waals surface area contributed by atoms with Crippen LogP contribution < -0.4 is 10.6 Å². The van der Waals surface area contributed by atoms with E-state index in [-0.39, 0.29) is 17.1 Å². The van der Waals surface area contributed by atoms with Crippen LogP contribution in [0.15, 0.2) is 4.99 Å². The van der Waals surface area contributed by atoms with Gasteiger partial charge in [0.25, 0.3) is 0 Å². The van der Waals surface area contributed by atoms with Crippen LogP contribution in [0.4, 0.5) is 0 Å². The van der Waals surface area contributed by atoms with Gasteiger partial charge < -0.3 is 24.7 Å². The molecule has 1 saturated carbocycles. The average Bonchev–Trinajstić information content (AvgIpc) is 2.90. The maximum absolute atomic E-state index is 5.71. The predicted octanol–water partition coefficient (Wildman–Crippen LogP) is 1.01. The molecule has 25 heavy (non-hydrogen) atoms. The molecule has 0 spiro atoms. The van der Waals surface area contributed by atoms with E-state index in [9.17, 15) is 0 Å². The normalized spacial score (nSPS) is 25.6. The van der Waals surface area contributed by atoms with Crippen LogP contribution in [0.3, 0.4) is 0 Å². The Morgan fingerprint density at radius 1 is 1.32 bits per heavy atom. The van der Waals surface area contributed by atoms with Crippen LogP contribution in [-0.4, -0.2) is 59.7 Å². The molecule has 2 rings (SSSR count). The summed E-state index contributed by atoms with van der Waals surface area (Å²) < 4.78 is 12.8. The Bertz CT molecular complexity index is 612. The summed E-state index contributed by atoms with van der Waals surface area (Å²) in [5.41, 5.74) is -0.115. The van der Waals surface area contributed by atoms with Crippen LogP contribution in [-0.2, 0) is 23.1 Å². The number of nitrogens with one attached hydrogen (secondary N) is 2. The van der Waals surface area contributed by atoms with Crippen molar-refractivity contribution in [1.29, 1.82) is 0 Å². The van der Waals surface area contributed by atoms with Gasteiger partial charge in [0.1, 0.15) is 12.4 Å². The van der Waals surface area contributed by atoms with Crippen LogP contribution in [0, 0.1) is 12.3 Å². The minimum atomic E-state index is -0.122. The van der Waals surface area contributed by atoms with Gasteiger partial charge in [0.15, 0.2) is 11.8 Å². The smallest absolute Gasteiger partial charge is 0.192 e. The molecule has 1 aromatic heterocycles. The fourth-order valence-corrected chi connectivity index (χ4v) is 3.05. The lowest BCUT2D eigenvalue weighted by Crippen LogP contribution is -2.69. The Kier molecular flexibility index (Phi) is 6.05. The molecule has 1 aliphatic rings. The molecule has 1 aromatic rings. The van der Waals surface area contributed by atoms with Gasteiger partial charge in [-0.2, -0.15) is 0 Å². The highest BCUT2D eigenvalue weighted by Crippen LogP contribution is 2.51. The summed E-state index contributed by atoms with van der Waals surface area (Å²) in [7, 11) is 5.41. The molecule has 0 aliphatic heterocycles. The summed E-state index contributed by atoms with van der Waals surface area (Å²) >= 11 is 0. The zero-order valence-electron chi connectivity index (χ0n) is 16.5. The van der Waals surface area contributed by atoms with E-state index < -0.39 is 0 Å². The van der Waals surface area contributed by atoms with Gasteiger partial charge in [-0.15, -0.1) is 10.2 Å². The molecule has 0 aromatic carbocycles. The molecule has 8 heteroatoms. The molecule has 2 N–H and O–H groups in total. The van der Waals surface area contributed by atoms with Gasteiger partial charge in [0.05, 0.1) is 12.2 Å². The van der Waals surface area contributed by atoms with E-state index in [1.165, 1.54) is 0 Å². The maximum Gasteiger partial charge on any atom is 0.192 e. The minimum absolute atomic E-state index is 0.00677. The first-order valence-corrected chi connectivity index (χ1v) is 8.69. The van der Waals surface area contributed by atoms with Gasteiger partial charge in [0.2, 0.25) is 0 Å². The van der Waals surface area contributed by atoms with Crippen molar-refractivity contribution in [3.63, 3.8) is 0 Å². The number of aryl methyl sites for hydroxylation is 1. The van der Waals surface area contributed by atoms with Gasteiger partial charge in [-0.1, -0.05) is 13.8 Å². The Labute approximate surface area is 150 Å². The summed E-state index contributed by atoms with van der Waals surface area (Å²) in [6.07, 6.45) is 0.935. The number of rotatable bonds is 7. The average molecular weight is 352 g/mol. The minimum Gasteiger partial charge on any atom is -0.383 e. The lowest BCUT2D eigenvalue weighted by Gasteiger charge is -2.59. The van der Waals surface area contributed by atoms with Gasteiger partial charge in [-0.25, -0.2) is 4.99 Å². The number of methoxy groups -OCH3 is 2. The van der Waals surface area contributed by atoms with E-state index >= 15 is 0 Å². The third kappa shape index (κ3) is 3.95. The number of aliphatic imine (C=N–C) groups is 1. The molecular formula is C17H32N6O2. The number of aromatic nitrogens is 3. The highest BCUT2D eigenvalue weighted by molar-refractivity contribution is 5.80. The highest BCUT2D eigenvalue weighted by atomic mass is 16.5. The van der Waals surface area contributed by atoms with Crippen molar-refractivity contribution in [3.05, 3.63) is 11.6 Å². The standard InChI is InChI=1S/C17H32N6O2/c1-12-21-22-14(23(12)5)11-19-15(18-8-9-24-6)20-13-10-17(4,25-7)16(13,2)3/h13H,8-11H2,1-7H3,(H2,18,19,20). The second kappa shape index (κ2) is 7.70. The molecule has 1 fully saturated rings. The summed E-state index contributed by atoms with van der Waals surface area (Å²) in [5.74, 6) is 2.47. The van der Waals surface area contributed by atoms with E-state index in [1.807, 2.05) is 18.5 Å². The van der Waals surface area contributed by atoms with Crippen molar-refractivity contribution < 1.29 is 9.47 Å². The van der Waals surface area contributed by atoms with Crippen molar-refractivity contribution in [1.82, 2.24) is 25.4 Å². The molecule has 2 atom stereocenters. The Hall–Kier alpha value is -1.67. The molecule has 0 saturated heterocycles. The first-order chi connectivity index (χ1) is 11.7. The van der Waals surface area contributed by atoms with E-state index in [1.54, 1.807) is 14.2 Å². The Morgan fingerprint density at radius 3 is 2.56 bits per heavy atom. The van der Waals surface area contributed by atoms with Crippen molar-refractivity contribution in [2.45, 2.75) is 52.3 Å². The number of ether oxygens (including phenoxy) is 2. The fourth-order valence-electron chi connectivity index (χ4n) is 3.05. The van der Waals surface area contributed by atoms with E-state index in [0.29, 0.717) is 19.7 Å². The first kappa shape index (κ1) is 19.7. The second-order valence-corrected chi connectivity index (χ2v) is 7.36. The second-order valence-electron chi connectivity index (χ2n) is 7.36. The summed E-state index contributed by atoms with van der Waals surface area (Å²) in [6, 6.07) is 0.285. The first-order valence-electron chi connectivity index (χ1n) is 8.69. The summed E-state index contributed by atoms with van der Waals surface area (Å²) in [4.78, 5) is 4.68. The summed E-state index contributed by atoms with van der Waals surface area (Å²) in [6.45, 7) is 10.3. The van der Waals surface area contributed by atoms with E-state index in [4.69, 9.17) is 9.47 Å². The molecule has 142 valence electrons. The van der Waals surface area contributed by atoms with Crippen LogP contribution in [0.1, 0.15) is 38.8 Å². The number of nitrogens with zero attached hydrogens (tertiary/aromatic N) is 4. The third-order valence-corrected chi connectivity index (χ3v) is 5.75. The molecule has 1 heterocycles. The third-order valence-electron chi connectivity index (χ3n) is 5.75. The molecule has 8 nitrogen and oxygen atoms in total. The highest BCUT2D eigenvalue weighted by Gasteiger charge is 2.58. The molecule has 1 aliphatic carbocycles. The monoisotopic (exact) mass is 352 g/mol. The van der Waals surface area contributed by atoms with Crippen molar-refractivity contribution in [2.75, 3.05) is 27.4 Å². The summed E-state index contributed by atoms with van der Waals surface area (Å²) in [5, 5.41) is 15.1. The topological polar surface area (TPSA) is 85.6 Å². The molecular weight excluding hydrogens is 320 g/mol. The van der Waals surface area contributed by atoms with Gasteiger partial charge in [-0.3, -0.25) is 0 Å². The van der Waals surface area contributed by atoms with Crippen molar-refractivity contribution in [2.24, 2.45) is 17.5 Å². The number of hydrogen-bond acceptors (Lipinski definition) is 5. The molecule has 0 radical (unpaired) electrons. The van der Waals surface area contributed by atoms with E-state index in [0.717, 1.165) is 24.0 Å². The van der Waals surface area contributed by atoms with E-state index in [2.05, 4.69) is 46.6 Å². The predicted molar refractivity (Wildman–Crippen MR) is 97.5 cm³/mol. The molecule has 0 bridgehead atoms. The van der Waals surface area contributed by atoms with Crippen molar-refractivity contribution >= 4 is 5.96 Å². The lowest BCUT2D eigenvalue weighted by atomic mass is 9.56. The quantitative estimate of drug-likeness (QED) is 0.433. The lowest BCUT2D eigenvalue weighted by molar-refractivity contribution is -0.176. The van der Waals surface area contributed by atoms with Gasteiger partial charge in [0, 0.05) is 39.3 Å². The van der Waals surface area contributed by atoms with Gasteiger partial charge in [-0.05, 0) is 20.3 Å². The maximum atomic E-state index is 5.71.